The van der Waals surface area contributed by atoms with Crippen molar-refractivity contribution in [2.75, 3.05) is 13.2 Å². The van der Waals surface area contributed by atoms with E-state index in [1.54, 1.807) is 0 Å². The Morgan fingerprint density at radius 2 is 2.00 bits per heavy atom. The zero-order valence-electron chi connectivity index (χ0n) is 12.4. The number of hydrogen-bond acceptors (Lipinski definition) is 2. The second kappa shape index (κ2) is 5.57. The van der Waals surface area contributed by atoms with Crippen molar-refractivity contribution in [2.45, 2.75) is 51.7 Å². The molecule has 2 fully saturated rings. The number of benzene rings is 1. The van der Waals surface area contributed by atoms with Crippen LogP contribution in [0, 0.1) is 13.8 Å². The molecule has 0 radical (unpaired) electrons. The van der Waals surface area contributed by atoms with Gasteiger partial charge in [-0.15, -0.1) is 0 Å². The monoisotopic (exact) mass is 273 g/mol. The smallest absolute Gasteiger partial charge is 0.254 e. The average Bonchev–Trinajstić information content (AvgIpc) is 2.49. The van der Waals surface area contributed by atoms with Crippen LogP contribution in [0.1, 0.15) is 47.2 Å². The summed E-state index contributed by atoms with van der Waals surface area (Å²) in [5.74, 6) is 0.174. The van der Waals surface area contributed by atoms with Gasteiger partial charge in [-0.1, -0.05) is 18.9 Å². The molecule has 1 aliphatic heterocycles. The van der Waals surface area contributed by atoms with Crippen LogP contribution in [0.5, 0.6) is 0 Å². The van der Waals surface area contributed by atoms with E-state index in [2.05, 4.69) is 18.7 Å². The summed E-state index contributed by atoms with van der Waals surface area (Å²) in [6.07, 6.45) is 4.88. The van der Waals surface area contributed by atoms with Crippen molar-refractivity contribution in [2.24, 2.45) is 0 Å². The molecule has 1 amide bonds. The number of amides is 1. The van der Waals surface area contributed by atoms with E-state index >= 15 is 0 Å². The largest absolute Gasteiger partial charge is 0.374 e. The summed E-state index contributed by atoms with van der Waals surface area (Å²) in [6.45, 7) is 5.55. The van der Waals surface area contributed by atoms with Gasteiger partial charge in [-0.3, -0.25) is 4.79 Å². The van der Waals surface area contributed by atoms with Crippen molar-refractivity contribution in [3.05, 3.63) is 34.9 Å². The van der Waals surface area contributed by atoms with E-state index in [1.165, 1.54) is 24.0 Å². The molecule has 1 aliphatic carbocycles. The molecule has 3 heteroatoms. The van der Waals surface area contributed by atoms with Gasteiger partial charge in [0.15, 0.2) is 0 Å². The number of carbonyl (C=O) groups excluding carboxylic acids is 1. The van der Waals surface area contributed by atoms with Crippen molar-refractivity contribution in [1.29, 1.82) is 0 Å². The van der Waals surface area contributed by atoms with E-state index in [0.29, 0.717) is 6.61 Å². The molecule has 0 aromatic heterocycles. The third kappa shape index (κ3) is 2.47. The number of hydrogen-bond donors (Lipinski definition) is 0. The van der Waals surface area contributed by atoms with Crippen LogP contribution in [0.4, 0.5) is 0 Å². The fourth-order valence-electron chi connectivity index (χ4n) is 3.39. The highest BCUT2D eigenvalue weighted by molar-refractivity contribution is 5.94. The molecular formula is C17H23NO2. The molecule has 1 saturated heterocycles. The normalized spacial score (nSPS) is 26.2. The highest BCUT2D eigenvalue weighted by Crippen LogP contribution is 2.29. The standard InChI is InChI=1S/C17H23NO2/c1-12-7-8-14(11-13(12)2)17(19)18-9-10-20-16-6-4-3-5-15(16)18/h7-8,11,15-16H,3-6,9-10H2,1-2H3/t15-,16-/m0/s1. The molecule has 1 aromatic rings. The Hall–Kier alpha value is -1.35. The van der Waals surface area contributed by atoms with Crippen molar-refractivity contribution >= 4 is 5.91 Å². The lowest BCUT2D eigenvalue weighted by molar-refractivity contribution is -0.0752. The average molecular weight is 273 g/mol. The first-order chi connectivity index (χ1) is 9.66. The fourth-order valence-corrected chi connectivity index (χ4v) is 3.39. The van der Waals surface area contributed by atoms with Crippen molar-refractivity contribution in [1.82, 2.24) is 4.90 Å². The Kier molecular flexibility index (Phi) is 3.79. The molecule has 2 aliphatic rings. The van der Waals surface area contributed by atoms with Crippen molar-refractivity contribution < 1.29 is 9.53 Å². The number of ether oxygens (including phenoxy) is 1. The Labute approximate surface area is 120 Å². The van der Waals surface area contributed by atoms with Crippen LogP contribution in [-0.4, -0.2) is 36.1 Å². The summed E-state index contributed by atoms with van der Waals surface area (Å²) < 4.78 is 5.85. The highest BCUT2D eigenvalue weighted by atomic mass is 16.5. The minimum Gasteiger partial charge on any atom is -0.374 e. The molecular weight excluding hydrogens is 250 g/mol. The van der Waals surface area contributed by atoms with Crippen LogP contribution in [0.2, 0.25) is 0 Å². The lowest BCUT2D eigenvalue weighted by Crippen LogP contribution is -2.54. The molecule has 2 atom stereocenters. The van der Waals surface area contributed by atoms with E-state index in [0.717, 1.165) is 24.9 Å². The number of carbonyl (C=O) groups is 1. The maximum absolute atomic E-state index is 12.8. The minimum absolute atomic E-state index is 0.174. The highest BCUT2D eigenvalue weighted by Gasteiger charge is 2.36. The number of rotatable bonds is 1. The van der Waals surface area contributed by atoms with Crippen LogP contribution in [0.15, 0.2) is 18.2 Å². The first kappa shape index (κ1) is 13.6. The summed E-state index contributed by atoms with van der Waals surface area (Å²) in [6, 6.07) is 6.30. The van der Waals surface area contributed by atoms with Gasteiger partial charge >= 0.3 is 0 Å². The van der Waals surface area contributed by atoms with Gasteiger partial charge in [0.2, 0.25) is 0 Å². The van der Waals surface area contributed by atoms with E-state index in [4.69, 9.17) is 4.74 Å². The van der Waals surface area contributed by atoms with Gasteiger partial charge in [0.05, 0.1) is 18.8 Å². The van der Waals surface area contributed by atoms with Gasteiger partial charge < -0.3 is 9.64 Å². The molecule has 1 aromatic carbocycles. The second-order valence-electron chi connectivity index (χ2n) is 6.06. The van der Waals surface area contributed by atoms with Gasteiger partial charge in [0.25, 0.3) is 5.91 Å². The van der Waals surface area contributed by atoms with E-state index < -0.39 is 0 Å². The Balaban J connectivity index is 1.83. The summed E-state index contributed by atoms with van der Waals surface area (Å²) in [5, 5.41) is 0. The van der Waals surface area contributed by atoms with Gasteiger partial charge in [-0.25, -0.2) is 0 Å². The van der Waals surface area contributed by atoms with Gasteiger partial charge in [-0.2, -0.15) is 0 Å². The fraction of sp³-hybridized carbons (Fsp3) is 0.588. The molecule has 0 N–H and O–H groups in total. The van der Waals surface area contributed by atoms with Crippen LogP contribution < -0.4 is 0 Å². The molecule has 0 bridgehead atoms. The first-order valence-corrected chi connectivity index (χ1v) is 7.66. The van der Waals surface area contributed by atoms with Crippen LogP contribution in [0.25, 0.3) is 0 Å². The number of aryl methyl sites for hydroxylation is 2. The molecule has 1 saturated carbocycles. The first-order valence-electron chi connectivity index (χ1n) is 7.66. The topological polar surface area (TPSA) is 29.5 Å². The number of fused-ring (bicyclic) bond motifs is 1. The summed E-state index contributed by atoms with van der Waals surface area (Å²) in [5.41, 5.74) is 3.24. The van der Waals surface area contributed by atoms with E-state index in [9.17, 15) is 4.79 Å². The predicted octanol–water partition coefficient (Wildman–Crippen LogP) is 3.09. The molecule has 0 spiro atoms. The lowest BCUT2D eigenvalue weighted by Gasteiger charge is -2.43. The predicted molar refractivity (Wildman–Crippen MR) is 78.9 cm³/mol. The third-order valence-electron chi connectivity index (χ3n) is 4.75. The van der Waals surface area contributed by atoms with E-state index in [1.807, 2.05) is 18.2 Å². The van der Waals surface area contributed by atoms with Crippen molar-refractivity contribution in [3.8, 4) is 0 Å². The zero-order valence-corrected chi connectivity index (χ0v) is 12.4. The van der Waals surface area contributed by atoms with E-state index in [-0.39, 0.29) is 18.1 Å². The Morgan fingerprint density at radius 1 is 1.20 bits per heavy atom. The molecule has 3 rings (SSSR count). The van der Waals surface area contributed by atoms with Crippen molar-refractivity contribution in [3.63, 3.8) is 0 Å². The summed E-state index contributed by atoms with van der Waals surface area (Å²) in [4.78, 5) is 14.8. The second-order valence-corrected chi connectivity index (χ2v) is 6.06. The van der Waals surface area contributed by atoms with Crippen LogP contribution >= 0.6 is 0 Å². The molecule has 0 unspecified atom stereocenters. The number of nitrogens with zero attached hydrogens (tertiary/aromatic N) is 1. The number of morpholine rings is 1. The molecule has 1 heterocycles. The Bertz CT molecular complexity index is 510. The van der Waals surface area contributed by atoms with Crippen LogP contribution in [-0.2, 0) is 4.74 Å². The zero-order chi connectivity index (χ0) is 14.1. The van der Waals surface area contributed by atoms with Crippen LogP contribution in [0.3, 0.4) is 0 Å². The van der Waals surface area contributed by atoms with Gasteiger partial charge in [-0.05, 0) is 49.9 Å². The van der Waals surface area contributed by atoms with Gasteiger partial charge in [0, 0.05) is 12.1 Å². The summed E-state index contributed by atoms with van der Waals surface area (Å²) >= 11 is 0. The maximum atomic E-state index is 12.8. The molecule has 108 valence electrons. The lowest BCUT2D eigenvalue weighted by atomic mass is 9.89. The third-order valence-corrected chi connectivity index (χ3v) is 4.75. The van der Waals surface area contributed by atoms with Gasteiger partial charge in [0.1, 0.15) is 0 Å². The maximum Gasteiger partial charge on any atom is 0.254 e. The Morgan fingerprint density at radius 3 is 2.80 bits per heavy atom. The molecule has 3 nitrogen and oxygen atoms in total. The minimum atomic E-state index is 0.174. The SMILES string of the molecule is Cc1ccc(C(=O)N2CCO[C@H]3CCCC[C@@H]32)cc1C. The quantitative estimate of drug-likeness (QED) is 0.787. The summed E-state index contributed by atoms with van der Waals surface area (Å²) in [7, 11) is 0. The molecule has 20 heavy (non-hydrogen) atoms.